The minimum absolute atomic E-state index is 0.0588. The SMILES string of the molecule is CNC1CCN(CC(C)N2CCCCC2)C1=O. The van der Waals surface area contributed by atoms with Gasteiger partial charge in [-0.3, -0.25) is 9.69 Å². The van der Waals surface area contributed by atoms with Crippen LogP contribution in [-0.4, -0.2) is 61.0 Å². The molecule has 2 heterocycles. The molecule has 2 unspecified atom stereocenters. The average Bonchev–Trinajstić information content (AvgIpc) is 2.71. The van der Waals surface area contributed by atoms with Crippen LogP contribution >= 0.6 is 0 Å². The third kappa shape index (κ3) is 2.99. The second-order valence-corrected chi connectivity index (χ2v) is 5.36. The van der Waals surface area contributed by atoms with Crippen LogP contribution in [0.25, 0.3) is 0 Å². The molecule has 98 valence electrons. The smallest absolute Gasteiger partial charge is 0.239 e. The van der Waals surface area contributed by atoms with E-state index in [1.165, 1.54) is 32.4 Å². The third-order valence-electron chi connectivity index (χ3n) is 4.14. The molecule has 4 nitrogen and oxygen atoms in total. The van der Waals surface area contributed by atoms with Gasteiger partial charge in [0, 0.05) is 19.1 Å². The van der Waals surface area contributed by atoms with Crippen molar-refractivity contribution in [1.82, 2.24) is 15.1 Å². The maximum absolute atomic E-state index is 12.0. The van der Waals surface area contributed by atoms with Crippen LogP contribution in [0.15, 0.2) is 0 Å². The molecule has 2 aliphatic heterocycles. The van der Waals surface area contributed by atoms with Crippen molar-refractivity contribution >= 4 is 5.91 Å². The summed E-state index contributed by atoms with van der Waals surface area (Å²) in [5.74, 6) is 0.288. The van der Waals surface area contributed by atoms with Gasteiger partial charge in [0.1, 0.15) is 0 Å². The first kappa shape index (κ1) is 12.8. The van der Waals surface area contributed by atoms with Gasteiger partial charge in [0.2, 0.25) is 5.91 Å². The molecule has 0 bridgehead atoms. The lowest BCUT2D eigenvalue weighted by molar-refractivity contribution is -0.130. The highest BCUT2D eigenvalue weighted by molar-refractivity contribution is 5.83. The Morgan fingerprint density at radius 3 is 2.59 bits per heavy atom. The van der Waals surface area contributed by atoms with Gasteiger partial charge in [0.15, 0.2) is 0 Å². The molecular formula is C13H25N3O. The zero-order valence-electron chi connectivity index (χ0n) is 11.1. The molecule has 0 spiro atoms. The van der Waals surface area contributed by atoms with Crippen LogP contribution < -0.4 is 5.32 Å². The van der Waals surface area contributed by atoms with Crippen molar-refractivity contribution in [3.8, 4) is 0 Å². The summed E-state index contributed by atoms with van der Waals surface area (Å²) in [5, 5.41) is 3.09. The number of nitrogens with zero attached hydrogens (tertiary/aromatic N) is 2. The predicted octanol–water partition coefficient (Wildman–Crippen LogP) is 0.681. The first-order valence-electron chi connectivity index (χ1n) is 6.92. The molecule has 1 amide bonds. The second kappa shape index (κ2) is 5.83. The fourth-order valence-electron chi connectivity index (χ4n) is 2.98. The lowest BCUT2D eigenvalue weighted by Crippen LogP contribution is -2.46. The van der Waals surface area contributed by atoms with Gasteiger partial charge < -0.3 is 10.2 Å². The van der Waals surface area contributed by atoms with E-state index in [4.69, 9.17) is 0 Å². The molecule has 0 aliphatic carbocycles. The monoisotopic (exact) mass is 239 g/mol. The van der Waals surface area contributed by atoms with Crippen molar-refractivity contribution < 1.29 is 4.79 Å². The summed E-state index contributed by atoms with van der Waals surface area (Å²) >= 11 is 0. The number of amides is 1. The topological polar surface area (TPSA) is 35.6 Å². The zero-order chi connectivity index (χ0) is 12.3. The third-order valence-corrected chi connectivity index (χ3v) is 4.14. The molecule has 1 N–H and O–H groups in total. The number of carbonyl (C=O) groups is 1. The molecule has 2 fully saturated rings. The van der Waals surface area contributed by atoms with E-state index in [9.17, 15) is 4.79 Å². The van der Waals surface area contributed by atoms with Crippen LogP contribution in [0.3, 0.4) is 0 Å². The van der Waals surface area contributed by atoms with Crippen LogP contribution in [0.1, 0.15) is 32.6 Å². The number of likely N-dealkylation sites (N-methyl/N-ethyl adjacent to an activating group) is 1. The molecular weight excluding hydrogens is 214 g/mol. The van der Waals surface area contributed by atoms with Crippen molar-refractivity contribution in [2.45, 2.75) is 44.7 Å². The zero-order valence-corrected chi connectivity index (χ0v) is 11.1. The van der Waals surface area contributed by atoms with E-state index in [-0.39, 0.29) is 11.9 Å². The molecule has 2 saturated heterocycles. The van der Waals surface area contributed by atoms with Gasteiger partial charge in [-0.1, -0.05) is 6.42 Å². The van der Waals surface area contributed by atoms with Crippen LogP contribution in [-0.2, 0) is 4.79 Å². The van der Waals surface area contributed by atoms with Crippen LogP contribution in [0.5, 0.6) is 0 Å². The summed E-state index contributed by atoms with van der Waals surface area (Å²) in [6.45, 7) is 6.49. The molecule has 0 radical (unpaired) electrons. The first-order valence-corrected chi connectivity index (χ1v) is 6.92. The minimum atomic E-state index is 0.0588. The molecule has 0 aromatic carbocycles. The van der Waals surface area contributed by atoms with Gasteiger partial charge in [-0.05, 0) is 46.3 Å². The molecule has 2 atom stereocenters. The van der Waals surface area contributed by atoms with Gasteiger partial charge in [0.05, 0.1) is 6.04 Å². The van der Waals surface area contributed by atoms with E-state index in [0.717, 1.165) is 19.5 Å². The van der Waals surface area contributed by atoms with Crippen molar-refractivity contribution in [1.29, 1.82) is 0 Å². The van der Waals surface area contributed by atoms with Gasteiger partial charge in [-0.2, -0.15) is 0 Å². The lowest BCUT2D eigenvalue weighted by atomic mass is 10.1. The van der Waals surface area contributed by atoms with Crippen LogP contribution in [0, 0.1) is 0 Å². The van der Waals surface area contributed by atoms with Crippen molar-refractivity contribution in [2.75, 3.05) is 33.2 Å². The number of hydrogen-bond donors (Lipinski definition) is 1. The van der Waals surface area contributed by atoms with E-state index in [0.29, 0.717) is 6.04 Å². The Balaban J connectivity index is 1.82. The second-order valence-electron chi connectivity index (χ2n) is 5.36. The number of likely N-dealkylation sites (tertiary alicyclic amines) is 2. The Kier molecular flexibility index (Phi) is 4.40. The van der Waals surface area contributed by atoms with Gasteiger partial charge in [-0.15, -0.1) is 0 Å². The summed E-state index contributed by atoms with van der Waals surface area (Å²) in [6.07, 6.45) is 4.96. The standard InChI is InChI=1S/C13H25N3O/c1-11(15-7-4-3-5-8-15)10-16-9-6-12(14-2)13(16)17/h11-12,14H,3-10H2,1-2H3. The molecule has 0 aromatic rings. The number of nitrogens with one attached hydrogen (secondary N) is 1. The number of hydrogen-bond acceptors (Lipinski definition) is 3. The lowest BCUT2D eigenvalue weighted by Gasteiger charge is -2.34. The fraction of sp³-hybridized carbons (Fsp3) is 0.923. The molecule has 2 aliphatic rings. The molecule has 4 heteroatoms. The quantitative estimate of drug-likeness (QED) is 0.784. The summed E-state index contributed by atoms with van der Waals surface area (Å²) < 4.78 is 0. The predicted molar refractivity (Wildman–Crippen MR) is 68.9 cm³/mol. The van der Waals surface area contributed by atoms with E-state index in [2.05, 4.69) is 17.1 Å². The van der Waals surface area contributed by atoms with Crippen molar-refractivity contribution in [3.05, 3.63) is 0 Å². The Morgan fingerprint density at radius 1 is 1.29 bits per heavy atom. The van der Waals surface area contributed by atoms with Gasteiger partial charge in [0.25, 0.3) is 0 Å². The summed E-state index contributed by atoms with van der Waals surface area (Å²) in [4.78, 5) is 16.6. The van der Waals surface area contributed by atoms with E-state index in [1.54, 1.807) is 0 Å². The normalized spacial score (nSPS) is 28.7. The molecule has 0 saturated carbocycles. The average molecular weight is 239 g/mol. The maximum atomic E-state index is 12.0. The van der Waals surface area contributed by atoms with E-state index >= 15 is 0 Å². The Morgan fingerprint density at radius 2 is 2.00 bits per heavy atom. The number of rotatable bonds is 4. The van der Waals surface area contributed by atoms with Crippen LogP contribution in [0.4, 0.5) is 0 Å². The molecule has 17 heavy (non-hydrogen) atoms. The van der Waals surface area contributed by atoms with Gasteiger partial charge >= 0.3 is 0 Å². The molecule has 2 rings (SSSR count). The summed E-state index contributed by atoms with van der Waals surface area (Å²) in [7, 11) is 1.88. The van der Waals surface area contributed by atoms with E-state index < -0.39 is 0 Å². The maximum Gasteiger partial charge on any atom is 0.239 e. The van der Waals surface area contributed by atoms with Crippen LogP contribution in [0.2, 0.25) is 0 Å². The Bertz CT molecular complexity index is 263. The highest BCUT2D eigenvalue weighted by Gasteiger charge is 2.31. The first-order chi connectivity index (χ1) is 8.22. The fourth-order valence-corrected chi connectivity index (χ4v) is 2.98. The highest BCUT2D eigenvalue weighted by Crippen LogP contribution is 2.16. The summed E-state index contributed by atoms with van der Waals surface area (Å²) in [5.41, 5.74) is 0. The number of carbonyl (C=O) groups excluding carboxylic acids is 1. The Labute approximate surface area is 104 Å². The molecule has 0 aromatic heterocycles. The van der Waals surface area contributed by atoms with Crippen molar-refractivity contribution in [2.24, 2.45) is 0 Å². The minimum Gasteiger partial charge on any atom is -0.340 e. The Hall–Kier alpha value is -0.610. The largest absolute Gasteiger partial charge is 0.340 e. The van der Waals surface area contributed by atoms with Gasteiger partial charge in [-0.25, -0.2) is 0 Å². The van der Waals surface area contributed by atoms with Crippen molar-refractivity contribution in [3.63, 3.8) is 0 Å². The van der Waals surface area contributed by atoms with E-state index in [1.807, 2.05) is 11.9 Å². The number of piperidine rings is 1. The highest BCUT2D eigenvalue weighted by atomic mass is 16.2. The summed E-state index contributed by atoms with van der Waals surface area (Å²) in [6, 6.07) is 0.568.